The van der Waals surface area contributed by atoms with E-state index in [1.54, 1.807) is 6.08 Å². The van der Waals surface area contributed by atoms with Crippen molar-refractivity contribution in [1.82, 2.24) is 0 Å². The Morgan fingerprint density at radius 3 is 1.88 bits per heavy atom. The zero-order chi connectivity index (χ0) is 12.0. The molecular formula is C11H16O5. The minimum atomic E-state index is -0.490. The number of rotatable bonds is 0. The van der Waals surface area contributed by atoms with E-state index >= 15 is 0 Å². The normalized spacial score (nSPS) is 28.6. The molecule has 0 spiro atoms. The number of allylic oxidation sites excluding steroid dienone is 1. The Hall–Kier alpha value is -1.36. The van der Waals surface area contributed by atoms with Crippen LogP contribution in [0.5, 0.6) is 0 Å². The molecule has 1 saturated carbocycles. The van der Waals surface area contributed by atoms with Crippen molar-refractivity contribution in [3.63, 3.8) is 0 Å². The highest BCUT2D eigenvalue weighted by Gasteiger charge is 2.41. The number of hydrogen-bond acceptors (Lipinski definition) is 5. The summed E-state index contributed by atoms with van der Waals surface area (Å²) in [5.41, 5.74) is 0. The monoisotopic (exact) mass is 228 g/mol. The summed E-state index contributed by atoms with van der Waals surface area (Å²) in [6.45, 7) is 5.25. The molecule has 0 aromatic carbocycles. The maximum Gasteiger partial charge on any atom is 0.350 e. The van der Waals surface area contributed by atoms with Crippen LogP contribution in [0.3, 0.4) is 0 Å². The van der Waals surface area contributed by atoms with Gasteiger partial charge in [-0.1, -0.05) is 18.9 Å². The molecule has 0 radical (unpaired) electrons. The van der Waals surface area contributed by atoms with Crippen molar-refractivity contribution in [3.8, 4) is 0 Å². The predicted molar refractivity (Wildman–Crippen MR) is 54.6 cm³/mol. The van der Waals surface area contributed by atoms with Crippen molar-refractivity contribution in [2.24, 2.45) is 11.8 Å². The van der Waals surface area contributed by atoms with Gasteiger partial charge in [0.15, 0.2) is 0 Å². The molecule has 0 aromatic heterocycles. The summed E-state index contributed by atoms with van der Waals surface area (Å²) in [7, 11) is 0. The van der Waals surface area contributed by atoms with Gasteiger partial charge in [-0.05, 0) is 19.8 Å². The van der Waals surface area contributed by atoms with Gasteiger partial charge in [0.1, 0.15) is 0 Å². The highest BCUT2D eigenvalue weighted by atomic mass is 17.5. The zero-order valence-electron chi connectivity index (χ0n) is 9.31. The second kappa shape index (κ2) is 6.27. The maximum atomic E-state index is 11.2. The number of carbonyl (C=O) groups excluding carboxylic acids is 2. The lowest BCUT2D eigenvalue weighted by Crippen LogP contribution is -2.31. The number of hydrogen-bond donors (Lipinski definition) is 0. The molecule has 2 rings (SSSR count). The zero-order valence-corrected chi connectivity index (χ0v) is 9.31. The smallest absolute Gasteiger partial charge is 0.259 e. The highest BCUT2D eigenvalue weighted by Crippen LogP contribution is 2.33. The molecule has 16 heavy (non-hydrogen) atoms. The lowest BCUT2D eigenvalue weighted by molar-refractivity contribution is -0.456. The second-order valence-electron chi connectivity index (χ2n) is 3.78. The Morgan fingerprint density at radius 2 is 1.50 bits per heavy atom. The molecule has 2 atom stereocenters. The van der Waals surface area contributed by atoms with Gasteiger partial charge in [-0.15, -0.1) is 6.58 Å². The molecule has 5 heteroatoms. The summed E-state index contributed by atoms with van der Waals surface area (Å²) >= 11 is 0. The van der Waals surface area contributed by atoms with Crippen molar-refractivity contribution in [1.29, 1.82) is 0 Å². The summed E-state index contributed by atoms with van der Waals surface area (Å²) < 4.78 is 0. The van der Waals surface area contributed by atoms with Gasteiger partial charge in [0.2, 0.25) is 0 Å². The van der Waals surface area contributed by atoms with E-state index in [0.29, 0.717) is 12.8 Å². The molecule has 5 nitrogen and oxygen atoms in total. The Kier molecular flexibility index (Phi) is 4.98. The van der Waals surface area contributed by atoms with Crippen LogP contribution in [0.4, 0.5) is 0 Å². The van der Waals surface area contributed by atoms with E-state index in [9.17, 15) is 9.59 Å². The van der Waals surface area contributed by atoms with Crippen LogP contribution in [0, 0.1) is 11.8 Å². The molecule has 0 amide bonds. The van der Waals surface area contributed by atoms with E-state index < -0.39 is 11.9 Å². The SMILES string of the molecule is C=CC.O=C1OOOC(=O)C2CCCCC12. The minimum Gasteiger partial charge on any atom is -0.259 e. The second-order valence-corrected chi connectivity index (χ2v) is 3.78. The molecule has 0 aromatic rings. The summed E-state index contributed by atoms with van der Waals surface area (Å²) in [5, 5.41) is 4.01. The molecule has 90 valence electrons. The van der Waals surface area contributed by atoms with Crippen LogP contribution < -0.4 is 0 Å². The Labute approximate surface area is 94.2 Å². The molecule has 2 aliphatic rings. The molecule has 1 aliphatic carbocycles. The van der Waals surface area contributed by atoms with E-state index in [2.05, 4.69) is 21.4 Å². The average Bonchev–Trinajstić information content (AvgIpc) is 2.42. The van der Waals surface area contributed by atoms with Gasteiger partial charge in [0.25, 0.3) is 0 Å². The van der Waals surface area contributed by atoms with Crippen LogP contribution >= 0.6 is 0 Å². The molecule has 2 fully saturated rings. The van der Waals surface area contributed by atoms with Gasteiger partial charge in [-0.3, -0.25) is 9.78 Å². The van der Waals surface area contributed by atoms with Crippen molar-refractivity contribution >= 4 is 11.9 Å². The first-order valence-electron chi connectivity index (χ1n) is 5.36. The third kappa shape index (κ3) is 3.06. The Morgan fingerprint density at radius 1 is 1.12 bits per heavy atom. The fourth-order valence-corrected chi connectivity index (χ4v) is 1.90. The molecule has 1 heterocycles. The Balaban J connectivity index is 0.000000386. The lowest BCUT2D eigenvalue weighted by atomic mass is 9.79. The Bertz CT molecular complexity index is 250. The minimum absolute atomic E-state index is 0.372. The van der Waals surface area contributed by atoms with E-state index in [-0.39, 0.29) is 11.8 Å². The number of carbonyl (C=O) groups is 2. The van der Waals surface area contributed by atoms with Crippen molar-refractivity contribution in [3.05, 3.63) is 12.7 Å². The summed E-state index contributed by atoms with van der Waals surface area (Å²) in [5.74, 6) is -1.72. The molecule has 0 bridgehead atoms. The molecule has 1 aliphatic heterocycles. The van der Waals surface area contributed by atoms with E-state index in [1.165, 1.54) is 0 Å². The highest BCUT2D eigenvalue weighted by molar-refractivity contribution is 5.82. The largest absolute Gasteiger partial charge is 0.350 e. The van der Waals surface area contributed by atoms with Gasteiger partial charge >= 0.3 is 11.9 Å². The average molecular weight is 228 g/mol. The van der Waals surface area contributed by atoms with Gasteiger partial charge in [0, 0.05) is 5.04 Å². The van der Waals surface area contributed by atoms with Crippen molar-refractivity contribution < 1.29 is 24.4 Å². The van der Waals surface area contributed by atoms with Gasteiger partial charge < -0.3 is 0 Å². The summed E-state index contributed by atoms with van der Waals surface area (Å²) in [6, 6.07) is 0. The van der Waals surface area contributed by atoms with Crippen LogP contribution in [0.2, 0.25) is 0 Å². The van der Waals surface area contributed by atoms with E-state index in [0.717, 1.165) is 12.8 Å². The third-order valence-corrected chi connectivity index (χ3v) is 2.60. The quantitative estimate of drug-likeness (QED) is 0.468. The fraction of sp³-hybridized carbons (Fsp3) is 0.636. The van der Waals surface area contributed by atoms with E-state index in [4.69, 9.17) is 0 Å². The van der Waals surface area contributed by atoms with Crippen molar-refractivity contribution in [2.45, 2.75) is 32.6 Å². The topological polar surface area (TPSA) is 61.8 Å². The lowest BCUT2D eigenvalue weighted by Gasteiger charge is -2.22. The van der Waals surface area contributed by atoms with Crippen LogP contribution in [0.25, 0.3) is 0 Å². The van der Waals surface area contributed by atoms with Gasteiger partial charge in [0.05, 0.1) is 11.8 Å². The molecule has 2 unspecified atom stereocenters. The molecule has 1 saturated heterocycles. The summed E-state index contributed by atoms with van der Waals surface area (Å²) in [4.78, 5) is 31.0. The fourth-order valence-electron chi connectivity index (χ4n) is 1.90. The van der Waals surface area contributed by atoms with Gasteiger partial charge in [-0.25, -0.2) is 9.59 Å². The maximum absolute atomic E-state index is 11.2. The third-order valence-electron chi connectivity index (χ3n) is 2.60. The van der Waals surface area contributed by atoms with Gasteiger partial charge in [-0.2, -0.15) is 0 Å². The first-order chi connectivity index (χ1) is 7.70. The first-order valence-corrected chi connectivity index (χ1v) is 5.36. The number of fused-ring (bicyclic) bond motifs is 1. The molecular weight excluding hydrogens is 212 g/mol. The standard InChI is InChI=1S/C8H10O5.C3H6/c9-7-5-3-1-2-4-6(5)8(10)12-13-11-7;1-3-2/h5-6H,1-4H2;3H,1H2,2H3. The van der Waals surface area contributed by atoms with Crippen LogP contribution in [-0.4, -0.2) is 11.9 Å². The molecule has 0 N–H and O–H groups in total. The van der Waals surface area contributed by atoms with Crippen molar-refractivity contribution in [2.75, 3.05) is 0 Å². The predicted octanol–water partition coefficient (Wildman–Crippen LogP) is 1.93. The van der Waals surface area contributed by atoms with Crippen LogP contribution in [0.15, 0.2) is 12.7 Å². The van der Waals surface area contributed by atoms with Crippen LogP contribution in [-0.2, 0) is 24.4 Å². The van der Waals surface area contributed by atoms with Crippen LogP contribution in [0.1, 0.15) is 32.6 Å². The van der Waals surface area contributed by atoms with E-state index in [1.807, 2.05) is 6.92 Å². The summed E-state index contributed by atoms with van der Waals surface area (Å²) in [6.07, 6.45) is 5.01. The first kappa shape index (κ1) is 12.7.